The van der Waals surface area contributed by atoms with Crippen LogP contribution in [0.25, 0.3) is 11.5 Å². The van der Waals surface area contributed by atoms with Gasteiger partial charge in [0.1, 0.15) is 5.82 Å². The maximum atomic E-state index is 13.7. The molecule has 21 heavy (non-hydrogen) atoms. The molecule has 0 N–H and O–H groups in total. The van der Waals surface area contributed by atoms with Crippen LogP contribution in [0.5, 0.6) is 0 Å². The van der Waals surface area contributed by atoms with Crippen molar-refractivity contribution < 1.29 is 8.81 Å². The first-order chi connectivity index (χ1) is 10.2. The summed E-state index contributed by atoms with van der Waals surface area (Å²) in [4.78, 5) is 0. The summed E-state index contributed by atoms with van der Waals surface area (Å²) < 4.78 is 19.2. The number of rotatable bonds is 4. The lowest BCUT2D eigenvalue weighted by molar-refractivity contribution is 0.465. The van der Waals surface area contributed by atoms with Crippen molar-refractivity contribution in [2.45, 2.75) is 11.0 Å². The van der Waals surface area contributed by atoms with E-state index in [1.165, 1.54) is 17.8 Å². The molecule has 0 saturated heterocycles. The number of thioether (sulfide) groups is 1. The van der Waals surface area contributed by atoms with E-state index < -0.39 is 0 Å². The highest BCUT2D eigenvalue weighted by atomic mass is 35.5. The smallest absolute Gasteiger partial charge is 0.277 e. The third-order valence-electron chi connectivity index (χ3n) is 2.83. The zero-order valence-electron chi connectivity index (χ0n) is 10.8. The van der Waals surface area contributed by atoms with E-state index >= 15 is 0 Å². The molecule has 1 aromatic heterocycles. The standard InChI is InChI=1S/C15H10ClFN2OS/c16-12-7-4-8-13(17)11(12)9-21-15-19-18-14(20-15)10-5-2-1-3-6-10/h1-8H,9H2. The lowest BCUT2D eigenvalue weighted by Gasteiger charge is -2.02. The first kappa shape index (κ1) is 14.1. The molecule has 0 amide bonds. The summed E-state index contributed by atoms with van der Waals surface area (Å²) >= 11 is 7.23. The first-order valence-electron chi connectivity index (χ1n) is 6.18. The summed E-state index contributed by atoms with van der Waals surface area (Å²) in [5.41, 5.74) is 1.28. The quantitative estimate of drug-likeness (QED) is 0.646. The van der Waals surface area contributed by atoms with Crippen LogP contribution in [0, 0.1) is 5.82 Å². The summed E-state index contributed by atoms with van der Waals surface area (Å²) in [6, 6.07) is 14.1. The summed E-state index contributed by atoms with van der Waals surface area (Å²) in [7, 11) is 0. The summed E-state index contributed by atoms with van der Waals surface area (Å²) in [6.07, 6.45) is 0. The van der Waals surface area contributed by atoms with Crippen LogP contribution >= 0.6 is 23.4 Å². The van der Waals surface area contributed by atoms with Crippen LogP contribution in [0.4, 0.5) is 4.39 Å². The van der Waals surface area contributed by atoms with Crippen molar-refractivity contribution >= 4 is 23.4 Å². The Labute approximate surface area is 130 Å². The fourth-order valence-electron chi connectivity index (χ4n) is 1.77. The van der Waals surface area contributed by atoms with Gasteiger partial charge in [0.2, 0.25) is 5.89 Å². The van der Waals surface area contributed by atoms with Crippen LogP contribution in [-0.4, -0.2) is 10.2 Å². The highest BCUT2D eigenvalue weighted by Gasteiger charge is 2.12. The van der Waals surface area contributed by atoms with Crippen molar-refractivity contribution in [3.8, 4) is 11.5 Å². The normalized spacial score (nSPS) is 10.8. The summed E-state index contributed by atoms with van der Waals surface area (Å²) in [5, 5.41) is 8.70. The Morgan fingerprint density at radius 1 is 1.05 bits per heavy atom. The molecular formula is C15H10ClFN2OS. The summed E-state index contributed by atoms with van der Waals surface area (Å²) in [5.74, 6) is 0.442. The van der Waals surface area contributed by atoms with Gasteiger partial charge in [-0.1, -0.05) is 47.6 Å². The van der Waals surface area contributed by atoms with Crippen molar-refractivity contribution in [3.05, 3.63) is 64.9 Å². The zero-order valence-corrected chi connectivity index (χ0v) is 12.4. The number of nitrogens with zero attached hydrogens (tertiary/aromatic N) is 2. The predicted octanol–water partition coefficient (Wildman–Crippen LogP) is 4.82. The van der Waals surface area contributed by atoms with Gasteiger partial charge in [-0.25, -0.2) is 4.39 Å². The highest BCUT2D eigenvalue weighted by molar-refractivity contribution is 7.98. The lowest BCUT2D eigenvalue weighted by Crippen LogP contribution is -1.88. The molecule has 0 saturated carbocycles. The molecule has 3 aromatic rings. The van der Waals surface area contributed by atoms with E-state index in [0.717, 1.165) is 5.56 Å². The van der Waals surface area contributed by atoms with Gasteiger partial charge in [-0.05, 0) is 24.3 Å². The molecule has 0 unspecified atom stereocenters. The van der Waals surface area contributed by atoms with E-state index in [0.29, 0.717) is 27.5 Å². The third kappa shape index (κ3) is 3.25. The highest BCUT2D eigenvalue weighted by Crippen LogP contribution is 2.29. The SMILES string of the molecule is Fc1cccc(Cl)c1CSc1nnc(-c2ccccc2)o1. The maximum absolute atomic E-state index is 13.7. The number of halogens is 2. The Bertz CT molecular complexity index is 728. The molecule has 0 spiro atoms. The number of benzene rings is 2. The molecule has 3 nitrogen and oxygen atoms in total. The number of hydrogen-bond acceptors (Lipinski definition) is 4. The molecule has 0 aliphatic rings. The Morgan fingerprint density at radius 3 is 2.62 bits per heavy atom. The topological polar surface area (TPSA) is 38.9 Å². The Kier molecular flexibility index (Phi) is 4.22. The van der Waals surface area contributed by atoms with E-state index in [1.807, 2.05) is 30.3 Å². The average Bonchev–Trinajstić information content (AvgIpc) is 2.97. The van der Waals surface area contributed by atoms with Crippen LogP contribution in [-0.2, 0) is 5.75 Å². The van der Waals surface area contributed by atoms with Gasteiger partial charge in [0.25, 0.3) is 5.22 Å². The van der Waals surface area contributed by atoms with Gasteiger partial charge in [-0.3, -0.25) is 0 Å². The van der Waals surface area contributed by atoms with E-state index in [1.54, 1.807) is 12.1 Å². The van der Waals surface area contributed by atoms with Crippen molar-refractivity contribution in [3.63, 3.8) is 0 Å². The second-order valence-electron chi connectivity index (χ2n) is 4.23. The molecule has 0 bridgehead atoms. The van der Waals surface area contributed by atoms with Crippen LogP contribution in [0.1, 0.15) is 5.56 Å². The minimum absolute atomic E-state index is 0.335. The van der Waals surface area contributed by atoms with Crippen molar-refractivity contribution in [2.24, 2.45) is 0 Å². The van der Waals surface area contributed by atoms with Crippen LogP contribution in [0.3, 0.4) is 0 Å². The minimum atomic E-state index is -0.335. The number of hydrogen-bond donors (Lipinski definition) is 0. The molecule has 3 rings (SSSR count). The van der Waals surface area contributed by atoms with E-state index in [9.17, 15) is 4.39 Å². The molecule has 0 aliphatic heterocycles. The predicted molar refractivity (Wildman–Crippen MR) is 80.7 cm³/mol. The molecule has 0 radical (unpaired) electrons. The fourth-order valence-corrected chi connectivity index (χ4v) is 2.88. The lowest BCUT2D eigenvalue weighted by atomic mass is 10.2. The molecule has 0 aliphatic carbocycles. The maximum Gasteiger partial charge on any atom is 0.277 e. The van der Waals surface area contributed by atoms with Crippen LogP contribution in [0.15, 0.2) is 58.2 Å². The molecule has 0 atom stereocenters. The van der Waals surface area contributed by atoms with Gasteiger partial charge in [-0.15, -0.1) is 10.2 Å². The second-order valence-corrected chi connectivity index (χ2v) is 5.56. The molecule has 2 aromatic carbocycles. The Morgan fingerprint density at radius 2 is 1.86 bits per heavy atom. The largest absolute Gasteiger partial charge is 0.411 e. The monoisotopic (exact) mass is 320 g/mol. The van der Waals surface area contributed by atoms with Gasteiger partial charge in [0.15, 0.2) is 0 Å². The van der Waals surface area contributed by atoms with E-state index in [-0.39, 0.29) is 5.82 Å². The Hall–Kier alpha value is -1.85. The van der Waals surface area contributed by atoms with Crippen molar-refractivity contribution in [1.29, 1.82) is 0 Å². The molecule has 106 valence electrons. The van der Waals surface area contributed by atoms with Gasteiger partial charge < -0.3 is 4.42 Å². The van der Waals surface area contributed by atoms with Crippen LogP contribution in [0.2, 0.25) is 5.02 Å². The molecule has 0 fully saturated rings. The van der Waals surface area contributed by atoms with E-state index in [2.05, 4.69) is 10.2 Å². The molecule has 6 heteroatoms. The van der Waals surface area contributed by atoms with Gasteiger partial charge in [0, 0.05) is 21.9 Å². The summed E-state index contributed by atoms with van der Waals surface area (Å²) in [6.45, 7) is 0. The first-order valence-corrected chi connectivity index (χ1v) is 7.55. The van der Waals surface area contributed by atoms with Gasteiger partial charge in [-0.2, -0.15) is 0 Å². The van der Waals surface area contributed by atoms with Crippen molar-refractivity contribution in [1.82, 2.24) is 10.2 Å². The Balaban J connectivity index is 1.74. The van der Waals surface area contributed by atoms with Crippen LogP contribution < -0.4 is 0 Å². The fraction of sp³-hybridized carbons (Fsp3) is 0.0667. The van der Waals surface area contributed by atoms with Gasteiger partial charge in [0.05, 0.1) is 0 Å². The second kappa shape index (κ2) is 6.28. The molecule has 1 heterocycles. The van der Waals surface area contributed by atoms with Gasteiger partial charge >= 0.3 is 0 Å². The van der Waals surface area contributed by atoms with Crippen molar-refractivity contribution in [2.75, 3.05) is 0 Å². The average molecular weight is 321 g/mol. The molecular weight excluding hydrogens is 311 g/mol. The minimum Gasteiger partial charge on any atom is -0.411 e. The number of aromatic nitrogens is 2. The van der Waals surface area contributed by atoms with E-state index in [4.69, 9.17) is 16.0 Å². The third-order valence-corrected chi connectivity index (χ3v) is 4.03. The zero-order chi connectivity index (χ0) is 14.7.